The number of halogens is 1. The minimum atomic E-state index is 0.0227. The van der Waals surface area contributed by atoms with Crippen molar-refractivity contribution in [2.75, 3.05) is 11.4 Å². The minimum Gasteiger partial charge on any atom is -0.308 e. The maximum absolute atomic E-state index is 12.2. The number of rotatable bonds is 2. The monoisotopic (exact) mass is 289 g/mol. The number of carbonyl (C=O) groups is 1. The Labute approximate surface area is 120 Å². The van der Waals surface area contributed by atoms with Crippen molar-refractivity contribution in [3.8, 4) is 0 Å². The summed E-state index contributed by atoms with van der Waals surface area (Å²) in [6, 6.07) is 11.8. The molecule has 0 aliphatic carbocycles. The van der Waals surface area contributed by atoms with Crippen LogP contribution in [0.5, 0.6) is 0 Å². The highest BCUT2D eigenvalue weighted by molar-refractivity contribution is 7.17. The molecule has 0 bridgehead atoms. The largest absolute Gasteiger partial charge is 0.308 e. The summed E-state index contributed by atoms with van der Waals surface area (Å²) < 4.78 is 0.735. The van der Waals surface area contributed by atoms with Crippen molar-refractivity contribution in [2.24, 2.45) is 0 Å². The van der Waals surface area contributed by atoms with Gasteiger partial charge in [-0.15, -0.1) is 11.3 Å². The minimum absolute atomic E-state index is 0.0227. The van der Waals surface area contributed by atoms with Crippen molar-refractivity contribution in [1.82, 2.24) is 0 Å². The van der Waals surface area contributed by atoms with Crippen LogP contribution in [-0.2, 0) is 11.2 Å². The Morgan fingerprint density at radius 2 is 2.11 bits per heavy atom. The zero-order valence-corrected chi connectivity index (χ0v) is 11.7. The quantitative estimate of drug-likeness (QED) is 0.765. The SMILES string of the molecule is O=C(/C=C/c1ccc(Cl)s1)N1CCc2ccccc21. The van der Waals surface area contributed by atoms with Crippen LogP contribution < -0.4 is 4.90 Å². The molecular formula is C15H12ClNOS. The predicted octanol–water partition coefficient (Wildman–Crippen LogP) is 4.00. The van der Waals surface area contributed by atoms with Gasteiger partial charge in [0, 0.05) is 23.2 Å². The van der Waals surface area contributed by atoms with E-state index in [4.69, 9.17) is 11.6 Å². The van der Waals surface area contributed by atoms with Gasteiger partial charge in [0.1, 0.15) is 0 Å². The van der Waals surface area contributed by atoms with Crippen molar-refractivity contribution in [2.45, 2.75) is 6.42 Å². The van der Waals surface area contributed by atoms with Crippen molar-refractivity contribution >= 4 is 40.6 Å². The van der Waals surface area contributed by atoms with E-state index < -0.39 is 0 Å². The van der Waals surface area contributed by atoms with Crippen LogP contribution in [0.1, 0.15) is 10.4 Å². The number of anilines is 1. The van der Waals surface area contributed by atoms with Crippen molar-refractivity contribution in [1.29, 1.82) is 0 Å². The molecule has 1 aliphatic rings. The lowest BCUT2D eigenvalue weighted by Gasteiger charge is -2.14. The molecule has 0 N–H and O–H groups in total. The van der Waals surface area contributed by atoms with Crippen LogP contribution in [0, 0.1) is 0 Å². The van der Waals surface area contributed by atoms with Gasteiger partial charge in [-0.25, -0.2) is 0 Å². The van der Waals surface area contributed by atoms with E-state index >= 15 is 0 Å². The van der Waals surface area contributed by atoms with Crippen LogP contribution in [0.25, 0.3) is 6.08 Å². The van der Waals surface area contributed by atoms with Crippen molar-refractivity contribution in [3.05, 3.63) is 57.3 Å². The van der Waals surface area contributed by atoms with Crippen molar-refractivity contribution in [3.63, 3.8) is 0 Å². The second-order valence-electron chi connectivity index (χ2n) is 4.34. The first-order chi connectivity index (χ1) is 9.24. The van der Waals surface area contributed by atoms with E-state index in [0.717, 1.165) is 27.9 Å². The van der Waals surface area contributed by atoms with E-state index in [0.29, 0.717) is 0 Å². The number of carbonyl (C=O) groups excluding carboxylic acids is 1. The predicted molar refractivity (Wildman–Crippen MR) is 80.9 cm³/mol. The maximum Gasteiger partial charge on any atom is 0.251 e. The summed E-state index contributed by atoms with van der Waals surface area (Å²) in [6.45, 7) is 0.758. The Bertz CT molecular complexity index is 647. The zero-order chi connectivity index (χ0) is 13.2. The van der Waals surface area contributed by atoms with Crippen LogP contribution in [0.4, 0.5) is 5.69 Å². The summed E-state index contributed by atoms with van der Waals surface area (Å²) in [5, 5.41) is 0. The maximum atomic E-state index is 12.2. The molecule has 1 aromatic heterocycles. The number of hydrogen-bond donors (Lipinski definition) is 0. The van der Waals surface area contributed by atoms with E-state index in [9.17, 15) is 4.79 Å². The number of nitrogens with zero attached hydrogens (tertiary/aromatic N) is 1. The molecule has 1 aromatic carbocycles. The molecule has 0 unspecified atom stereocenters. The van der Waals surface area contributed by atoms with Gasteiger partial charge in [0.25, 0.3) is 5.91 Å². The number of fused-ring (bicyclic) bond motifs is 1. The van der Waals surface area contributed by atoms with E-state index in [1.54, 1.807) is 6.08 Å². The Morgan fingerprint density at radius 3 is 2.89 bits per heavy atom. The Balaban J connectivity index is 1.77. The van der Waals surface area contributed by atoms with Gasteiger partial charge in [0.05, 0.1) is 4.34 Å². The van der Waals surface area contributed by atoms with Gasteiger partial charge in [-0.3, -0.25) is 4.79 Å². The normalized spacial score (nSPS) is 14.1. The smallest absolute Gasteiger partial charge is 0.251 e. The van der Waals surface area contributed by atoms with Crippen LogP contribution in [0.3, 0.4) is 0 Å². The molecule has 1 amide bonds. The average molecular weight is 290 g/mol. The zero-order valence-electron chi connectivity index (χ0n) is 10.2. The van der Waals surface area contributed by atoms with Gasteiger partial charge in [-0.2, -0.15) is 0 Å². The van der Waals surface area contributed by atoms with Gasteiger partial charge in [0.2, 0.25) is 0 Å². The fourth-order valence-corrected chi connectivity index (χ4v) is 3.19. The highest BCUT2D eigenvalue weighted by Gasteiger charge is 2.22. The lowest BCUT2D eigenvalue weighted by molar-refractivity contribution is -0.114. The molecule has 0 saturated carbocycles. The second kappa shape index (κ2) is 5.19. The van der Waals surface area contributed by atoms with Crippen LogP contribution in [-0.4, -0.2) is 12.5 Å². The number of amides is 1. The third-order valence-electron chi connectivity index (χ3n) is 3.14. The first-order valence-electron chi connectivity index (χ1n) is 6.07. The molecule has 96 valence electrons. The van der Waals surface area contributed by atoms with Gasteiger partial charge in [-0.05, 0) is 36.3 Å². The lowest BCUT2D eigenvalue weighted by Crippen LogP contribution is -2.26. The summed E-state index contributed by atoms with van der Waals surface area (Å²) in [4.78, 5) is 15.0. The molecular weight excluding hydrogens is 278 g/mol. The first-order valence-corrected chi connectivity index (χ1v) is 7.26. The molecule has 0 fully saturated rings. The van der Waals surface area contributed by atoms with Gasteiger partial charge >= 0.3 is 0 Å². The summed E-state index contributed by atoms with van der Waals surface area (Å²) in [5.41, 5.74) is 2.27. The second-order valence-corrected chi connectivity index (χ2v) is 6.09. The molecule has 19 heavy (non-hydrogen) atoms. The highest BCUT2D eigenvalue weighted by Crippen LogP contribution is 2.28. The molecule has 0 saturated heterocycles. The highest BCUT2D eigenvalue weighted by atomic mass is 35.5. The molecule has 2 heterocycles. The molecule has 0 atom stereocenters. The van der Waals surface area contributed by atoms with E-state index in [-0.39, 0.29) is 5.91 Å². The summed E-state index contributed by atoms with van der Waals surface area (Å²) >= 11 is 7.32. The van der Waals surface area contributed by atoms with Crippen LogP contribution in [0.2, 0.25) is 4.34 Å². The number of benzene rings is 1. The molecule has 2 nitrogen and oxygen atoms in total. The third-order valence-corrected chi connectivity index (χ3v) is 4.33. The van der Waals surface area contributed by atoms with E-state index in [1.807, 2.05) is 41.3 Å². The molecule has 4 heteroatoms. The fraction of sp³-hybridized carbons (Fsp3) is 0.133. The first kappa shape index (κ1) is 12.5. The van der Waals surface area contributed by atoms with Gasteiger partial charge < -0.3 is 4.90 Å². The van der Waals surface area contributed by atoms with Crippen molar-refractivity contribution < 1.29 is 4.79 Å². The molecule has 0 spiro atoms. The Hall–Kier alpha value is -1.58. The summed E-state index contributed by atoms with van der Waals surface area (Å²) in [7, 11) is 0. The van der Waals surface area contributed by atoms with Gasteiger partial charge in [-0.1, -0.05) is 29.8 Å². The average Bonchev–Trinajstić information content (AvgIpc) is 3.02. The van der Waals surface area contributed by atoms with E-state index in [2.05, 4.69) is 6.07 Å². The molecule has 3 rings (SSSR count). The lowest BCUT2D eigenvalue weighted by atomic mass is 10.2. The molecule has 1 aliphatic heterocycles. The van der Waals surface area contributed by atoms with E-state index in [1.165, 1.54) is 16.9 Å². The number of hydrogen-bond acceptors (Lipinski definition) is 2. The standard InChI is InChI=1S/C15H12ClNOS/c16-14-7-5-12(19-14)6-8-15(18)17-10-9-11-3-1-2-4-13(11)17/h1-8H,9-10H2/b8-6+. The van der Waals surface area contributed by atoms with Crippen LogP contribution in [0.15, 0.2) is 42.5 Å². The van der Waals surface area contributed by atoms with Crippen LogP contribution >= 0.6 is 22.9 Å². The Kier molecular flexibility index (Phi) is 3.40. The number of thiophene rings is 1. The Morgan fingerprint density at radius 1 is 1.26 bits per heavy atom. The van der Waals surface area contributed by atoms with Gasteiger partial charge in [0.15, 0.2) is 0 Å². The fourth-order valence-electron chi connectivity index (χ4n) is 2.23. The third kappa shape index (κ3) is 2.57. The summed E-state index contributed by atoms with van der Waals surface area (Å²) in [5.74, 6) is 0.0227. The topological polar surface area (TPSA) is 20.3 Å². The number of para-hydroxylation sites is 1. The summed E-state index contributed by atoms with van der Waals surface area (Å²) in [6.07, 6.45) is 4.37. The molecule has 0 radical (unpaired) electrons. The molecule has 2 aromatic rings.